The van der Waals surface area contributed by atoms with Crippen molar-refractivity contribution in [2.75, 3.05) is 33.4 Å². The highest BCUT2D eigenvalue weighted by atomic mass is 16.5. The molecule has 0 aromatic rings. The van der Waals surface area contributed by atoms with E-state index in [2.05, 4.69) is 4.90 Å². The smallest absolute Gasteiger partial charge is 0.0474 e. The number of likely N-dealkylation sites (tertiary alicyclic amines) is 1. The Labute approximate surface area is 69.5 Å². The van der Waals surface area contributed by atoms with Crippen molar-refractivity contribution in [3.05, 3.63) is 0 Å². The molecule has 1 rings (SSSR count). The average Bonchev–Trinajstić information content (AvgIpc) is 2.07. The third kappa shape index (κ3) is 3.73. The van der Waals surface area contributed by atoms with Gasteiger partial charge in [-0.25, -0.2) is 0 Å². The molecule has 1 aliphatic rings. The van der Waals surface area contributed by atoms with Crippen molar-refractivity contribution in [2.45, 2.75) is 25.7 Å². The van der Waals surface area contributed by atoms with E-state index in [1.807, 2.05) is 0 Å². The van der Waals surface area contributed by atoms with Gasteiger partial charge < -0.3 is 9.64 Å². The van der Waals surface area contributed by atoms with Gasteiger partial charge in [0, 0.05) is 20.3 Å². The molecule has 2 nitrogen and oxygen atoms in total. The molecule has 66 valence electrons. The second kappa shape index (κ2) is 5.56. The van der Waals surface area contributed by atoms with Gasteiger partial charge >= 0.3 is 0 Å². The second-order valence-electron chi connectivity index (χ2n) is 3.25. The monoisotopic (exact) mass is 157 g/mol. The molecule has 0 amide bonds. The zero-order valence-electron chi connectivity index (χ0n) is 7.51. The van der Waals surface area contributed by atoms with Crippen LogP contribution < -0.4 is 0 Å². The van der Waals surface area contributed by atoms with Crippen molar-refractivity contribution in [1.82, 2.24) is 4.90 Å². The van der Waals surface area contributed by atoms with Crippen LogP contribution in [0, 0.1) is 0 Å². The van der Waals surface area contributed by atoms with Crippen LogP contribution in [0.3, 0.4) is 0 Å². The zero-order valence-corrected chi connectivity index (χ0v) is 7.51. The molecule has 0 spiro atoms. The minimum atomic E-state index is 0.913. The van der Waals surface area contributed by atoms with Crippen LogP contribution in [0.25, 0.3) is 0 Å². The Kier molecular flexibility index (Phi) is 4.55. The van der Waals surface area contributed by atoms with Crippen LogP contribution in [0.4, 0.5) is 0 Å². The maximum atomic E-state index is 5.01. The van der Waals surface area contributed by atoms with Gasteiger partial charge in [-0.1, -0.05) is 6.42 Å². The van der Waals surface area contributed by atoms with Crippen LogP contribution in [0.1, 0.15) is 25.7 Å². The average molecular weight is 157 g/mol. The fourth-order valence-electron chi connectivity index (χ4n) is 1.62. The highest BCUT2D eigenvalue weighted by Crippen LogP contribution is 2.08. The Balaban J connectivity index is 1.96. The van der Waals surface area contributed by atoms with E-state index in [9.17, 15) is 0 Å². The van der Waals surface area contributed by atoms with Crippen LogP contribution in [0.5, 0.6) is 0 Å². The molecule has 0 aromatic heterocycles. The summed E-state index contributed by atoms with van der Waals surface area (Å²) >= 11 is 0. The van der Waals surface area contributed by atoms with Crippen LogP contribution in [0.2, 0.25) is 0 Å². The quantitative estimate of drug-likeness (QED) is 0.573. The van der Waals surface area contributed by atoms with Gasteiger partial charge in [0.05, 0.1) is 0 Å². The van der Waals surface area contributed by atoms with Crippen molar-refractivity contribution in [2.24, 2.45) is 0 Å². The number of hydrogen-bond acceptors (Lipinski definition) is 2. The second-order valence-corrected chi connectivity index (χ2v) is 3.25. The predicted molar refractivity (Wildman–Crippen MR) is 46.8 cm³/mol. The predicted octanol–water partition coefficient (Wildman–Crippen LogP) is 1.51. The van der Waals surface area contributed by atoms with Gasteiger partial charge in [0.1, 0.15) is 0 Å². The molecule has 0 aromatic carbocycles. The molecular weight excluding hydrogens is 138 g/mol. The minimum Gasteiger partial charge on any atom is -0.385 e. The molecule has 1 fully saturated rings. The first kappa shape index (κ1) is 9.01. The molecule has 0 aliphatic carbocycles. The molecule has 2 heteroatoms. The molecule has 1 saturated heterocycles. The lowest BCUT2D eigenvalue weighted by atomic mass is 10.1. The number of methoxy groups -OCH3 is 1. The van der Waals surface area contributed by atoms with Gasteiger partial charge in [-0.15, -0.1) is 0 Å². The first-order valence-corrected chi connectivity index (χ1v) is 4.65. The summed E-state index contributed by atoms with van der Waals surface area (Å²) in [5.74, 6) is 0. The molecule has 0 unspecified atom stereocenters. The van der Waals surface area contributed by atoms with E-state index in [-0.39, 0.29) is 0 Å². The van der Waals surface area contributed by atoms with E-state index in [1.54, 1.807) is 7.11 Å². The van der Waals surface area contributed by atoms with Crippen molar-refractivity contribution < 1.29 is 4.74 Å². The molecule has 11 heavy (non-hydrogen) atoms. The van der Waals surface area contributed by atoms with Crippen LogP contribution in [0.15, 0.2) is 0 Å². The van der Waals surface area contributed by atoms with E-state index in [0.29, 0.717) is 0 Å². The topological polar surface area (TPSA) is 12.5 Å². The highest BCUT2D eigenvalue weighted by molar-refractivity contribution is 4.63. The van der Waals surface area contributed by atoms with Gasteiger partial charge in [-0.05, 0) is 32.4 Å². The van der Waals surface area contributed by atoms with Crippen molar-refractivity contribution in [3.63, 3.8) is 0 Å². The lowest BCUT2D eigenvalue weighted by Crippen LogP contribution is -2.31. The van der Waals surface area contributed by atoms with Gasteiger partial charge in [0.25, 0.3) is 0 Å². The molecule has 1 heterocycles. The Morgan fingerprint density at radius 3 is 2.55 bits per heavy atom. The molecule has 0 saturated carbocycles. The number of rotatable bonds is 4. The Hall–Kier alpha value is -0.0800. The van der Waals surface area contributed by atoms with Crippen LogP contribution in [-0.2, 0) is 4.74 Å². The Morgan fingerprint density at radius 2 is 1.91 bits per heavy atom. The minimum absolute atomic E-state index is 0.913. The van der Waals surface area contributed by atoms with E-state index in [4.69, 9.17) is 4.74 Å². The fraction of sp³-hybridized carbons (Fsp3) is 1.00. The Bertz CT molecular complexity index is 89.6. The zero-order chi connectivity index (χ0) is 7.94. The first-order valence-electron chi connectivity index (χ1n) is 4.65. The van der Waals surface area contributed by atoms with Gasteiger partial charge in [0.2, 0.25) is 0 Å². The maximum absolute atomic E-state index is 5.01. The molecule has 0 atom stereocenters. The fourth-order valence-corrected chi connectivity index (χ4v) is 1.62. The lowest BCUT2D eigenvalue weighted by Gasteiger charge is -2.25. The summed E-state index contributed by atoms with van der Waals surface area (Å²) in [6.45, 7) is 4.76. The Morgan fingerprint density at radius 1 is 1.18 bits per heavy atom. The van der Waals surface area contributed by atoms with E-state index >= 15 is 0 Å². The van der Waals surface area contributed by atoms with Crippen LogP contribution >= 0.6 is 0 Å². The third-order valence-electron chi connectivity index (χ3n) is 2.27. The van der Waals surface area contributed by atoms with E-state index in [0.717, 1.165) is 6.61 Å². The number of ether oxygens (including phenoxy) is 1. The summed E-state index contributed by atoms with van der Waals surface area (Å²) in [5, 5.41) is 0. The first-order chi connectivity index (χ1) is 5.43. The molecule has 0 bridgehead atoms. The largest absolute Gasteiger partial charge is 0.385 e. The summed E-state index contributed by atoms with van der Waals surface area (Å²) in [5.41, 5.74) is 0. The SMILES string of the molecule is COCCCN1CCCCC1. The van der Waals surface area contributed by atoms with Crippen molar-refractivity contribution >= 4 is 0 Å². The summed E-state index contributed by atoms with van der Waals surface area (Å²) in [7, 11) is 1.77. The van der Waals surface area contributed by atoms with Crippen molar-refractivity contribution in [3.8, 4) is 0 Å². The van der Waals surface area contributed by atoms with Gasteiger partial charge in [-0.3, -0.25) is 0 Å². The molecular formula is C9H19NO. The summed E-state index contributed by atoms with van der Waals surface area (Å²) in [4.78, 5) is 2.54. The number of piperidine rings is 1. The number of nitrogens with zero attached hydrogens (tertiary/aromatic N) is 1. The maximum Gasteiger partial charge on any atom is 0.0474 e. The molecule has 0 radical (unpaired) electrons. The summed E-state index contributed by atoms with van der Waals surface area (Å²) in [6, 6.07) is 0. The highest BCUT2D eigenvalue weighted by Gasteiger charge is 2.08. The molecule has 0 N–H and O–H groups in total. The lowest BCUT2D eigenvalue weighted by molar-refractivity contribution is 0.162. The molecule has 1 aliphatic heterocycles. The van der Waals surface area contributed by atoms with Crippen LogP contribution in [-0.4, -0.2) is 38.3 Å². The third-order valence-corrected chi connectivity index (χ3v) is 2.27. The van der Waals surface area contributed by atoms with Gasteiger partial charge in [-0.2, -0.15) is 0 Å². The van der Waals surface area contributed by atoms with Gasteiger partial charge in [0.15, 0.2) is 0 Å². The summed E-state index contributed by atoms with van der Waals surface area (Å²) < 4.78 is 5.01. The normalized spacial score (nSPS) is 20.5. The van der Waals surface area contributed by atoms with E-state index in [1.165, 1.54) is 45.3 Å². The number of hydrogen-bond donors (Lipinski definition) is 0. The summed E-state index contributed by atoms with van der Waals surface area (Å²) in [6.07, 6.45) is 5.41. The standard InChI is InChI=1S/C9H19NO/c1-11-9-5-8-10-6-3-2-4-7-10/h2-9H2,1H3. The van der Waals surface area contributed by atoms with E-state index < -0.39 is 0 Å². The van der Waals surface area contributed by atoms with Crippen molar-refractivity contribution in [1.29, 1.82) is 0 Å².